The molecule has 9 heteroatoms. The maximum atomic E-state index is 9.90. The molecule has 1 N–H and O–H groups in total. The van der Waals surface area contributed by atoms with Crippen LogP contribution >= 0.6 is 43.5 Å². The number of nitrogens with zero attached hydrogens (tertiary/aromatic N) is 3. The lowest BCUT2D eigenvalue weighted by Crippen LogP contribution is -2.05. The lowest BCUT2D eigenvalue weighted by atomic mass is 10.1. The Morgan fingerprint density at radius 1 is 1.33 bits per heavy atom. The van der Waals surface area contributed by atoms with Gasteiger partial charge in [-0.1, -0.05) is 45.6 Å². The van der Waals surface area contributed by atoms with Gasteiger partial charge in [0, 0.05) is 21.0 Å². The second-order valence-electron chi connectivity index (χ2n) is 5.60. The monoisotopic (exact) mass is 517 g/mol. The van der Waals surface area contributed by atoms with E-state index in [0.717, 1.165) is 5.56 Å². The highest BCUT2D eigenvalue weighted by molar-refractivity contribution is 9.12. The molecule has 2 rings (SSSR count). The molecule has 0 aliphatic heterocycles. The lowest BCUT2D eigenvalue weighted by molar-refractivity contribution is 0.269. The predicted molar refractivity (Wildman–Crippen MR) is 112 cm³/mol. The largest absolute Gasteiger partial charge is 0.506 e. The van der Waals surface area contributed by atoms with E-state index in [2.05, 4.69) is 47.0 Å². The van der Waals surface area contributed by atoms with Crippen LogP contribution in [0, 0.1) is 0 Å². The van der Waals surface area contributed by atoms with Crippen LogP contribution in [0.4, 0.5) is 0 Å². The van der Waals surface area contributed by atoms with Crippen LogP contribution in [-0.2, 0) is 6.61 Å². The van der Waals surface area contributed by atoms with E-state index in [-0.39, 0.29) is 24.3 Å². The van der Waals surface area contributed by atoms with Gasteiger partial charge in [-0.25, -0.2) is 4.98 Å². The molecule has 0 radical (unpaired) electrons. The Labute approximate surface area is 179 Å². The molecular formula is C18H18Br2ClN3O3. The van der Waals surface area contributed by atoms with E-state index < -0.39 is 0 Å². The molecule has 144 valence electrons. The Morgan fingerprint density at radius 2 is 2.07 bits per heavy atom. The molecule has 0 saturated heterocycles. The first-order valence-corrected chi connectivity index (χ1v) is 9.86. The summed E-state index contributed by atoms with van der Waals surface area (Å²) in [7, 11) is 1.58. The third kappa shape index (κ3) is 6.19. The molecule has 1 unspecified atom stereocenters. The molecule has 1 atom stereocenters. The van der Waals surface area contributed by atoms with Crippen molar-refractivity contribution < 1.29 is 14.6 Å². The number of allylic oxidation sites excluding steroid dienone is 3. The molecule has 27 heavy (non-hydrogen) atoms. The normalized spacial score (nSPS) is 13.8. The molecule has 0 bridgehead atoms. The lowest BCUT2D eigenvalue weighted by Gasteiger charge is -2.10. The van der Waals surface area contributed by atoms with Gasteiger partial charge in [0.2, 0.25) is 0 Å². The molecule has 2 aromatic rings. The molecule has 0 aliphatic carbocycles. The maximum Gasteiger partial charge on any atom is 0.335 e. The highest BCUT2D eigenvalue weighted by Gasteiger charge is 2.11. The second-order valence-corrected chi connectivity index (χ2v) is 8.08. The van der Waals surface area contributed by atoms with Crippen molar-refractivity contribution in [3.05, 3.63) is 61.5 Å². The van der Waals surface area contributed by atoms with Crippen molar-refractivity contribution in [1.82, 2.24) is 15.2 Å². The Morgan fingerprint density at radius 3 is 2.67 bits per heavy atom. The van der Waals surface area contributed by atoms with E-state index in [9.17, 15) is 5.11 Å². The smallest absolute Gasteiger partial charge is 0.335 e. The van der Waals surface area contributed by atoms with Gasteiger partial charge in [-0.05, 0) is 41.1 Å². The second kappa shape index (κ2) is 10.1. The fourth-order valence-corrected chi connectivity index (χ4v) is 3.47. The first-order valence-electron chi connectivity index (χ1n) is 7.89. The molecule has 0 spiro atoms. The third-order valence-electron chi connectivity index (χ3n) is 3.57. The SMILES string of the molecule is COc1ccc(Cl)cc1COc1ncc(C(C)/C=C(Br)\C(O)=C(/C)Br)nn1. The molecule has 1 aromatic carbocycles. The average Bonchev–Trinajstić information content (AvgIpc) is 2.66. The maximum absolute atomic E-state index is 9.90. The van der Waals surface area contributed by atoms with Gasteiger partial charge in [0.1, 0.15) is 18.1 Å². The number of methoxy groups -OCH3 is 1. The molecule has 6 nitrogen and oxygen atoms in total. The topological polar surface area (TPSA) is 77.4 Å². The minimum Gasteiger partial charge on any atom is -0.506 e. The van der Waals surface area contributed by atoms with Crippen LogP contribution in [0.1, 0.15) is 31.0 Å². The van der Waals surface area contributed by atoms with Gasteiger partial charge >= 0.3 is 6.01 Å². The van der Waals surface area contributed by atoms with Crippen molar-refractivity contribution >= 4 is 43.5 Å². The summed E-state index contributed by atoms with van der Waals surface area (Å²) < 4.78 is 12.0. The number of ether oxygens (including phenoxy) is 2. The minimum atomic E-state index is -0.115. The van der Waals surface area contributed by atoms with Crippen LogP contribution in [0.5, 0.6) is 11.8 Å². The van der Waals surface area contributed by atoms with Gasteiger partial charge in [0.25, 0.3) is 0 Å². The average molecular weight is 520 g/mol. The van der Waals surface area contributed by atoms with Gasteiger partial charge in [0.15, 0.2) is 0 Å². The van der Waals surface area contributed by atoms with E-state index in [4.69, 9.17) is 21.1 Å². The number of aliphatic hydroxyl groups is 1. The van der Waals surface area contributed by atoms with Crippen molar-refractivity contribution in [1.29, 1.82) is 0 Å². The predicted octanol–water partition coefficient (Wildman–Crippen LogP) is 5.68. The fourth-order valence-electron chi connectivity index (χ4n) is 2.10. The summed E-state index contributed by atoms with van der Waals surface area (Å²) in [5, 5.41) is 18.6. The van der Waals surface area contributed by atoms with Gasteiger partial charge < -0.3 is 14.6 Å². The standard InChI is InChI=1S/C18H18Br2ClN3O3/c1-10(6-14(20)17(25)11(2)19)15-8-22-18(24-23-15)27-9-12-7-13(21)4-5-16(12)26-3/h4-8,10,25H,9H2,1-3H3/b14-6+,17-11-. The van der Waals surface area contributed by atoms with Gasteiger partial charge in [-0.3, -0.25) is 0 Å². The number of rotatable bonds is 7. The van der Waals surface area contributed by atoms with Gasteiger partial charge in [-0.15, -0.1) is 5.10 Å². The molecule has 1 heterocycles. The first kappa shape index (κ1) is 21.7. The van der Waals surface area contributed by atoms with Crippen LogP contribution < -0.4 is 9.47 Å². The van der Waals surface area contributed by atoms with Crippen LogP contribution in [0.25, 0.3) is 0 Å². The van der Waals surface area contributed by atoms with Gasteiger partial charge in [-0.2, -0.15) is 0 Å². The summed E-state index contributed by atoms with van der Waals surface area (Å²) in [4.78, 5) is 4.18. The van der Waals surface area contributed by atoms with E-state index in [1.807, 2.05) is 13.0 Å². The Bertz CT molecular complexity index is 853. The van der Waals surface area contributed by atoms with Crippen molar-refractivity contribution in [2.24, 2.45) is 0 Å². The number of aromatic nitrogens is 3. The van der Waals surface area contributed by atoms with E-state index in [1.165, 1.54) is 0 Å². The van der Waals surface area contributed by atoms with Gasteiger partial charge in [0.05, 0.1) is 23.5 Å². The Hall–Kier alpha value is -1.64. The van der Waals surface area contributed by atoms with Crippen LogP contribution in [0.3, 0.4) is 0 Å². The number of hydrogen-bond donors (Lipinski definition) is 1. The molecule has 0 aliphatic rings. The number of benzene rings is 1. The number of hydrogen-bond acceptors (Lipinski definition) is 6. The van der Waals surface area contributed by atoms with Crippen molar-refractivity contribution in [3.63, 3.8) is 0 Å². The summed E-state index contributed by atoms with van der Waals surface area (Å²) in [5.41, 5.74) is 1.42. The van der Waals surface area contributed by atoms with Crippen molar-refractivity contribution in [3.8, 4) is 11.8 Å². The summed E-state index contributed by atoms with van der Waals surface area (Å²) in [6.07, 6.45) is 3.39. The van der Waals surface area contributed by atoms with Crippen molar-refractivity contribution in [2.75, 3.05) is 7.11 Å². The fraction of sp³-hybridized carbons (Fsp3) is 0.278. The van der Waals surface area contributed by atoms with E-state index in [0.29, 0.717) is 25.4 Å². The summed E-state index contributed by atoms with van der Waals surface area (Å²) in [6.45, 7) is 3.87. The van der Waals surface area contributed by atoms with Crippen LogP contribution in [0.15, 0.2) is 45.2 Å². The van der Waals surface area contributed by atoms with Crippen LogP contribution in [-0.4, -0.2) is 27.4 Å². The zero-order valence-corrected chi connectivity index (χ0v) is 18.8. The molecular weight excluding hydrogens is 501 g/mol. The Kier molecular flexibility index (Phi) is 8.07. The minimum absolute atomic E-state index is 0.115. The zero-order chi connectivity index (χ0) is 20.0. The summed E-state index contributed by atoms with van der Waals surface area (Å²) in [6, 6.07) is 5.43. The van der Waals surface area contributed by atoms with E-state index >= 15 is 0 Å². The third-order valence-corrected chi connectivity index (χ3v) is 4.82. The number of aliphatic hydroxyl groups excluding tert-OH is 1. The Balaban J connectivity index is 2.06. The van der Waals surface area contributed by atoms with E-state index in [1.54, 1.807) is 38.4 Å². The summed E-state index contributed by atoms with van der Waals surface area (Å²) >= 11 is 12.6. The molecule has 1 aromatic heterocycles. The quantitative estimate of drug-likeness (QED) is 0.375. The highest BCUT2D eigenvalue weighted by Crippen LogP contribution is 2.26. The highest BCUT2D eigenvalue weighted by atomic mass is 79.9. The van der Waals surface area contributed by atoms with Crippen LogP contribution in [0.2, 0.25) is 5.02 Å². The molecule has 0 saturated carbocycles. The molecule has 0 fully saturated rings. The zero-order valence-electron chi connectivity index (χ0n) is 14.9. The summed E-state index contributed by atoms with van der Waals surface area (Å²) in [5.74, 6) is 0.677. The first-order chi connectivity index (χ1) is 12.8. The number of halogens is 3. The molecule has 0 amide bonds. The van der Waals surface area contributed by atoms with Crippen molar-refractivity contribution in [2.45, 2.75) is 26.4 Å².